The van der Waals surface area contributed by atoms with Crippen LogP contribution in [-0.2, 0) is 4.79 Å². The van der Waals surface area contributed by atoms with Crippen molar-refractivity contribution in [1.29, 1.82) is 0 Å². The first-order chi connectivity index (χ1) is 8.69. The summed E-state index contributed by atoms with van der Waals surface area (Å²) in [6.07, 6.45) is 3.40. The number of nitrogens with zero attached hydrogens (tertiary/aromatic N) is 2. The van der Waals surface area contributed by atoms with Gasteiger partial charge in [-0.05, 0) is 26.3 Å². The van der Waals surface area contributed by atoms with Crippen molar-refractivity contribution >= 4 is 11.8 Å². The molecule has 1 atom stereocenters. The summed E-state index contributed by atoms with van der Waals surface area (Å²) in [6, 6.07) is 2.02. The van der Waals surface area contributed by atoms with Gasteiger partial charge in [0.1, 0.15) is 0 Å². The first-order valence-electron chi connectivity index (χ1n) is 6.36. The zero-order chi connectivity index (χ0) is 13.0. The number of carbonyl (C=O) groups is 1. The van der Waals surface area contributed by atoms with Crippen LogP contribution in [-0.4, -0.2) is 41.6 Å². The van der Waals surface area contributed by atoms with E-state index in [0.29, 0.717) is 25.0 Å². The zero-order valence-electron chi connectivity index (χ0n) is 10.7. The Morgan fingerprint density at radius 3 is 3.17 bits per heavy atom. The van der Waals surface area contributed by atoms with Gasteiger partial charge in [-0.15, -0.1) is 0 Å². The topological polar surface area (TPSA) is 84.4 Å². The van der Waals surface area contributed by atoms with Crippen LogP contribution in [0.3, 0.4) is 0 Å². The molecule has 1 aromatic heterocycles. The van der Waals surface area contributed by atoms with Gasteiger partial charge in [0, 0.05) is 18.7 Å². The van der Waals surface area contributed by atoms with Crippen LogP contribution in [0.4, 0.5) is 5.88 Å². The summed E-state index contributed by atoms with van der Waals surface area (Å²) in [5.74, 6) is 0.324. The summed E-state index contributed by atoms with van der Waals surface area (Å²) in [4.78, 5) is 14.0. The van der Waals surface area contributed by atoms with Gasteiger partial charge in [0.2, 0.25) is 11.8 Å². The molecule has 1 aliphatic heterocycles. The molecule has 0 aromatic carbocycles. The summed E-state index contributed by atoms with van der Waals surface area (Å²) < 4.78 is 4.95. The highest BCUT2D eigenvalue weighted by atomic mass is 16.5. The van der Waals surface area contributed by atoms with Crippen LogP contribution in [0.5, 0.6) is 0 Å². The molecule has 0 radical (unpaired) electrons. The van der Waals surface area contributed by atoms with Crippen molar-refractivity contribution in [3.05, 3.63) is 11.8 Å². The molecule has 1 amide bonds. The highest BCUT2D eigenvalue weighted by molar-refractivity contribution is 5.91. The fourth-order valence-corrected chi connectivity index (χ4v) is 2.32. The van der Waals surface area contributed by atoms with Gasteiger partial charge < -0.3 is 10.3 Å². The molecule has 3 N–H and O–H groups in total. The summed E-state index contributed by atoms with van der Waals surface area (Å²) in [5, 5.41) is 6.43. The maximum Gasteiger partial charge on any atom is 0.240 e. The van der Waals surface area contributed by atoms with E-state index in [4.69, 9.17) is 10.3 Å². The largest absolute Gasteiger partial charge is 0.338 e. The first kappa shape index (κ1) is 13.0. The molecule has 6 heteroatoms. The number of aromatic nitrogens is 1. The van der Waals surface area contributed by atoms with Crippen molar-refractivity contribution in [2.24, 2.45) is 5.73 Å². The first-order valence-corrected chi connectivity index (χ1v) is 6.36. The quantitative estimate of drug-likeness (QED) is 0.825. The summed E-state index contributed by atoms with van der Waals surface area (Å²) >= 11 is 0. The number of nitrogens with one attached hydrogen (secondary N) is 1. The molecule has 2 rings (SSSR count). The maximum atomic E-state index is 11.9. The van der Waals surface area contributed by atoms with Crippen molar-refractivity contribution in [3.63, 3.8) is 0 Å². The molecule has 6 nitrogen and oxygen atoms in total. The molecule has 1 saturated heterocycles. The summed E-state index contributed by atoms with van der Waals surface area (Å²) in [7, 11) is 0. The van der Waals surface area contributed by atoms with E-state index in [2.05, 4.69) is 15.4 Å². The second-order valence-corrected chi connectivity index (χ2v) is 4.74. The van der Waals surface area contributed by atoms with Crippen LogP contribution >= 0.6 is 0 Å². The Kier molecular flexibility index (Phi) is 4.33. The zero-order valence-corrected chi connectivity index (χ0v) is 10.7. The smallest absolute Gasteiger partial charge is 0.240 e. The number of hydrogen-bond donors (Lipinski definition) is 2. The number of anilines is 1. The van der Waals surface area contributed by atoms with Gasteiger partial charge in [0.05, 0.1) is 12.2 Å². The fourth-order valence-electron chi connectivity index (χ4n) is 2.32. The van der Waals surface area contributed by atoms with Gasteiger partial charge in [-0.3, -0.25) is 15.0 Å². The molecule has 1 aliphatic rings. The minimum atomic E-state index is -0.0773. The van der Waals surface area contributed by atoms with E-state index in [1.807, 2.05) is 6.92 Å². The predicted octanol–water partition coefficient (Wildman–Crippen LogP) is 0.735. The summed E-state index contributed by atoms with van der Waals surface area (Å²) in [5.41, 5.74) is 6.48. The van der Waals surface area contributed by atoms with Crippen LogP contribution in [0.15, 0.2) is 10.6 Å². The number of carbonyl (C=O) groups excluding carboxylic acids is 1. The maximum absolute atomic E-state index is 11.9. The van der Waals surface area contributed by atoms with E-state index >= 15 is 0 Å². The molecule has 1 unspecified atom stereocenters. The van der Waals surface area contributed by atoms with Crippen LogP contribution in [0, 0.1) is 6.92 Å². The highest BCUT2D eigenvalue weighted by Crippen LogP contribution is 2.16. The Bertz CT molecular complexity index is 405. The third-order valence-electron chi connectivity index (χ3n) is 3.26. The Hall–Kier alpha value is -1.40. The molecular formula is C12H20N4O2. The van der Waals surface area contributed by atoms with E-state index in [0.717, 1.165) is 25.1 Å². The standard InChI is InChI=1S/C12H20N4O2/c1-9-6-12(18-15-9)14-11(17)8-16-5-3-2-4-10(16)7-13/h6,10H,2-5,7-8,13H2,1H3,(H,14,17). The van der Waals surface area contributed by atoms with Gasteiger partial charge in [-0.1, -0.05) is 11.6 Å². The van der Waals surface area contributed by atoms with Gasteiger partial charge >= 0.3 is 0 Å². The van der Waals surface area contributed by atoms with Crippen LogP contribution in [0.1, 0.15) is 25.0 Å². The SMILES string of the molecule is Cc1cc(NC(=O)CN2CCCCC2CN)on1. The average Bonchev–Trinajstić information content (AvgIpc) is 2.75. The third kappa shape index (κ3) is 3.30. The van der Waals surface area contributed by atoms with Gasteiger partial charge in [0.25, 0.3) is 0 Å². The highest BCUT2D eigenvalue weighted by Gasteiger charge is 2.23. The van der Waals surface area contributed by atoms with Crippen molar-refractivity contribution < 1.29 is 9.32 Å². The van der Waals surface area contributed by atoms with Gasteiger partial charge in [0.15, 0.2) is 0 Å². The Balaban J connectivity index is 1.86. The minimum Gasteiger partial charge on any atom is -0.338 e. The van der Waals surface area contributed by atoms with Crippen molar-refractivity contribution in [1.82, 2.24) is 10.1 Å². The van der Waals surface area contributed by atoms with E-state index in [1.165, 1.54) is 6.42 Å². The summed E-state index contributed by atoms with van der Waals surface area (Å²) in [6.45, 7) is 3.72. The van der Waals surface area contributed by atoms with Crippen LogP contribution in [0.2, 0.25) is 0 Å². The van der Waals surface area contributed by atoms with Crippen LogP contribution < -0.4 is 11.1 Å². The second-order valence-electron chi connectivity index (χ2n) is 4.74. The molecule has 0 spiro atoms. The van der Waals surface area contributed by atoms with Gasteiger partial charge in [-0.25, -0.2) is 0 Å². The molecule has 2 heterocycles. The monoisotopic (exact) mass is 252 g/mol. The number of hydrogen-bond acceptors (Lipinski definition) is 5. The lowest BCUT2D eigenvalue weighted by molar-refractivity contribution is -0.118. The van der Waals surface area contributed by atoms with Crippen molar-refractivity contribution in [2.75, 3.05) is 25.0 Å². The molecule has 0 aliphatic carbocycles. The van der Waals surface area contributed by atoms with E-state index < -0.39 is 0 Å². The predicted molar refractivity (Wildman–Crippen MR) is 68.1 cm³/mol. The lowest BCUT2D eigenvalue weighted by atomic mass is 10.0. The van der Waals surface area contributed by atoms with Crippen molar-refractivity contribution in [3.8, 4) is 0 Å². The molecule has 0 bridgehead atoms. The number of rotatable bonds is 4. The normalized spacial score (nSPS) is 20.9. The Morgan fingerprint density at radius 2 is 2.50 bits per heavy atom. The number of piperidine rings is 1. The second kappa shape index (κ2) is 5.97. The van der Waals surface area contributed by atoms with Crippen molar-refractivity contribution in [2.45, 2.75) is 32.2 Å². The third-order valence-corrected chi connectivity index (χ3v) is 3.26. The van der Waals surface area contributed by atoms with E-state index in [1.54, 1.807) is 6.07 Å². The van der Waals surface area contributed by atoms with Crippen LogP contribution in [0.25, 0.3) is 0 Å². The number of nitrogens with two attached hydrogens (primary N) is 1. The Labute approximate surface area is 106 Å². The molecular weight excluding hydrogens is 232 g/mol. The Morgan fingerprint density at radius 1 is 1.67 bits per heavy atom. The van der Waals surface area contributed by atoms with Gasteiger partial charge in [-0.2, -0.15) is 0 Å². The lowest BCUT2D eigenvalue weighted by Gasteiger charge is -2.34. The number of likely N-dealkylation sites (tertiary alicyclic amines) is 1. The number of aryl methyl sites for hydroxylation is 1. The minimum absolute atomic E-state index is 0.0773. The molecule has 18 heavy (non-hydrogen) atoms. The fraction of sp³-hybridized carbons (Fsp3) is 0.667. The molecule has 100 valence electrons. The average molecular weight is 252 g/mol. The lowest BCUT2D eigenvalue weighted by Crippen LogP contribution is -2.47. The molecule has 1 aromatic rings. The molecule has 1 fully saturated rings. The number of amides is 1. The molecule has 0 saturated carbocycles. The van der Waals surface area contributed by atoms with E-state index in [9.17, 15) is 4.79 Å². The van der Waals surface area contributed by atoms with E-state index in [-0.39, 0.29) is 5.91 Å².